The van der Waals surface area contributed by atoms with Gasteiger partial charge in [0.1, 0.15) is 11.1 Å². The van der Waals surface area contributed by atoms with Crippen LogP contribution in [-0.2, 0) is 16.0 Å². The van der Waals surface area contributed by atoms with Crippen LogP contribution in [0.4, 0.5) is 0 Å². The van der Waals surface area contributed by atoms with Crippen LogP contribution in [-0.4, -0.2) is 29.5 Å². The highest BCUT2D eigenvalue weighted by Gasteiger charge is 2.30. The van der Waals surface area contributed by atoms with E-state index >= 15 is 0 Å². The summed E-state index contributed by atoms with van der Waals surface area (Å²) in [5.74, 6) is 0.111. The van der Waals surface area contributed by atoms with Gasteiger partial charge in [-0.1, -0.05) is 30.3 Å². The molecule has 0 aliphatic carbocycles. The summed E-state index contributed by atoms with van der Waals surface area (Å²) in [7, 11) is 0. The molecule has 110 valence electrons. The van der Waals surface area contributed by atoms with Crippen LogP contribution in [0.5, 0.6) is 0 Å². The molecule has 0 bridgehead atoms. The Morgan fingerprint density at radius 2 is 2.14 bits per heavy atom. The Morgan fingerprint density at radius 1 is 1.33 bits per heavy atom. The number of carbonyl (C=O) groups excluding carboxylic acids is 1. The van der Waals surface area contributed by atoms with Crippen molar-refractivity contribution >= 4 is 17.1 Å². The highest BCUT2D eigenvalue weighted by molar-refractivity contribution is 7.10. The number of hydrogen-bond acceptors (Lipinski definition) is 5. The van der Waals surface area contributed by atoms with Gasteiger partial charge in [-0.3, -0.25) is 4.79 Å². The number of nitrogens with two attached hydrogens (primary N) is 1. The summed E-state index contributed by atoms with van der Waals surface area (Å²) in [6.07, 6.45) is 1.73. The summed E-state index contributed by atoms with van der Waals surface area (Å²) in [5.41, 5.74) is 7.57. The van der Waals surface area contributed by atoms with E-state index in [1.54, 1.807) is 0 Å². The van der Waals surface area contributed by atoms with Crippen molar-refractivity contribution in [3.05, 3.63) is 40.7 Å². The van der Waals surface area contributed by atoms with Gasteiger partial charge in [-0.25, -0.2) is 4.98 Å². The number of ketones is 1. The Bertz CT molecular complexity index is 612. The molecule has 2 heterocycles. The monoisotopic (exact) mass is 302 g/mol. The first kappa shape index (κ1) is 14.4. The first-order valence-corrected chi connectivity index (χ1v) is 8.02. The summed E-state index contributed by atoms with van der Waals surface area (Å²) in [5, 5.41) is 2.84. The van der Waals surface area contributed by atoms with Gasteiger partial charge in [0.05, 0.1) is 18.2 Å². The third kappa shape index (κ3) is 3.37. The zero-order valence-corrected chi connectivity index (χ0v) is 12.5. The van der Waals surface area contributed by atoms with E-state index in [4.69, 9.17) is 10.5 Å². The lowest BCUT2D eigenvalue weighted by molar-refractivity contribution is -0.128. The van der Waals surface area contributed by atoms with Crippen molar-refractivity contribution in [1.29, 1.82) is 0 Å². The predicted octanol–water partition coefficient (Wildman–Crippen LogP) is 2.43. The topological polar surface area (TPSA) is 65.2 Å². The molecule has 2 atom stereocenters. The van der Waals surface area contributed by atoms with Gasteiger partial charge in [0, 0.05) is 17.5 Å². The van der Waals surface area contributed by atoms with Crippen molar-refractivity contribution in [1.82, 2.24) is 4.98 Å². The fraction of sp³-hybridized carbons (Fsp3) is 0.375. The highest BCUT2D eigenvalue weighted by atomic mass is 32.1. The third-order valence-corrected chi connectivity index (χ3v) is 4.53. The van der Waals surface area contributed by atoms with Gasteiger partial charge in [-0.05, 0) is 12.8 Å². The molecule has 21 heavy (non-hydrogen) atoms. The first-order chi connectivity index (χ1) is 10.3. The minimum Gasteiger partial charge on any atom is -0.366 e. The van der Waals surface area contributed by atoms with Crippen LogP contribution < -0.4 is 5.73 Å². The van der Waals surface area contributed by atoms with E-state index < -0.39 is 0 Å². The zero-order valence-electron chi connectivity index (χ0n) is 11.7. The van der Waals surface area contributed by atoms with Crippen molar-refractivity contribution < 1.29 is 9.53 Å². The Kier molecular flexibility index (Phi) is 4.43. The normalized spacial score (nSPS) is 21.6. The standard InChI is InChI=1S/C16H18N2O2S/c17-9-12-6-7-15(20-12)14(19)8-16-18-13(10-21-16)11-4-2-1-3-5-11/h1-5,10,12,15H,6-9,17H2. The first-order valence-electron chi connectivity index (χ1n) is 7.14. The number of nitrogens with zero attached hydrogens (tertiary/aromatic N) is 1. The smallest absolute Gasteiger partial charge is 0.168 e. The minimum absolute atomic E-state index is 0.0372. The number of rotatable bonds is 5. The maximum atomic E-state index is 12.2. The van der Waals surface area contributed by atoms with Crippen molar-refractivity contribution in [2.75, 3.05) is 6.54 Å². The van der Waals surface area contributed by atoms with Crippen LogP contribution in [0.15, 0.2) is 35.7 Å². The molecule has 1 aromatic carbocycles. The molecular weight excluding hydrogens is 284 g/mol. The molecule has 2 N–H and O–H groups in total. The highest BCUT2D eigenvalue weighted by Crippen LogP contribution is 2.24. The number of ether oxygens (including phenoxy) is 1. The molecule has 2 unspecified atom stereocenters. The van der Waals surface area contributed by atoms with Gasteiger partial charge in [0.15, 0.2) is 5.78 Å². The average molecular weight is 302 g/mol. The second-order valence-electron chi connectivity index (χ2n) is 5.20. The van der Waals surface area contributed by atoms with Gasteiger partial charge in [0.2, 0.25) is 0 Å². The SMILES string of the molecule is NCC1CCC(C(=O)Cc2nc(-c3ccccc3)cs2)O1. The van der Waals surface area contributed by atoms with Crippen LogP contribution >= 0.6 is 11.3 Å². The molecule has 3 rings (SSSR count). The lowest BCUT2D eigenvalue weighted by Gasteiger charge is -2.10. The molecule has 4 nitrogen and oxygen atoms in total. The second-order valence-corrected chi connectivity index (χ2v) is 6.14. The largest absolute Gasteiger partial charge is 0.366 e. The van der Waals surface area contributed by atoms with E-state index in [2.05, 4.69) is 4.98 Å². The van der Waals surface area contributed by atoms with Gasteiger partial charge in [-0.15, -0.1) is 11.3 Å². The molecule has 1 aliphatic heterocycles. The summed E-state index contributed by atoms with van der Waals surface area (Å²) >= 11 is 1.53. The van der Waals surface area contributed by atoms with Gasteiger partial charge < -0.3 is 10.5 Å². The van der Waals surface area contributed by atoms with E-state index in [9.17, 15) is 4.79 Å². The summed E-state index contributed by atoms with van der Waals surface area (Å²) in [4.78, 5) is 16.8. The number of carbonyl (C=O) groups is 1. The van der Waals surface area contributed by atoms with Crippen molar-refractivity contribution in [2.24, 2.45) is 5.73 Å². The quantitative estimate of drug-likeness (QED) is 0.921. The maximum absolute atomic E-state index is 12.2. The lowest BCUT2D eigenvalue weighted by Crippen LogP contribution is -2.26. The van der Waals surface area contributed by atoms with E-state index in [0.717, 1.165) is 29.1 Å². The zero-order chi connectivity index (χ0) is 14.7. The van der Waals surface area contributed by atoms with Crippen molar-refractivity contribution in [3.8, 4) is 11.3 Å². The Labute approximate surface area is 128 Å². The van der Waals surface area contributed by atoms with E-state index in [1.807, 2.05) is 35.7 Å². The van der Waals surface area contributed by atoms with Crippen LogP contribution in [0.1, 0.15) is 17.8 Å². The molecule has 5 heteroatoms. The average Bonchev–Trinajstić information content (AvgIpc) is 3.17. The summed E-state index contributed by atoms with van der Waals surface area (Å²) in [6, 6.07) is 9.99. The summed E-state index contributed by atoms with van der Waals surface area (Å²) in [6.45, 7) is 0.485. The van der Waals surface area contributed by atoms with Crippen molar-refractivity contribution in [3.63, 3.8) is 0 Å². The molecule has 1 saturated heterocycles. The van der Waals surface area contributed by atoms with E-state index in [0.29, 0.717) is 13.0 Å². The minimum atomic E-state index is -0.303. The molecule has 0 saturated carbocycles. The van der Waals surface area contributed by atoms with Crippen LogP contribution in [0.2, 0.25) is 0 Å². The molecule has 2 aromatic rings. The van der Waals surface area contributed by atoms with Gasteiger partial charge in [0.25, 0.3) is 0 Å². The number of thiazole rings is 1. The third-order valence-electron chi connectivity index (χ3n) is 3.68. The maximum Gasteiger partial charge on any atom is 0.168 e. The Hall–Kier alpha value is -1.56. The number of hydrogen-bond donors (Lipinski definition) is 1. The Morgan fingerprint density at radius 3 is 2.86 bits per heavy atom. The molecule has 1 fully saturated rings. The summed E-state index contributed by atoms with van der Waals surface area (Å²) < 4.78 is 5.64. The van der Waals surface area contributed by atoms with Gasteiger partial charge in [-0.2, -0.15) is 0 Å². The number of benzene rings is 1. The molecular formula is C16H18N2O2S. The molecule has 1 aliphatic rings. The van der Waals surface area contributed by atoms with E-state index in [-0.39, 0.29) is 18.0 Å². The fourth-order valence-electron chi connectivity index (χ4n) is 2.51. The molecule has 0 radical (unpaired) electrons. The molecule has 1 aromatic heterocycles. The van der Waals surface area contributed by atoms with Crippen molar-refractivity contribution in [2.45, 2.75) is 31.5 Å². The molecule has 0 spiro atoms. The number of Topliss-reactive ketones (excluding diaryl/α,β-unsaturated/α-hetero) is 1. The second kappa shape index (κ2) is 6.47. The predicted molar refractivity (Wildman–Crippen MR) is 83.2 cm³/mol. The van der Waals surface area contributed by atoms with Gasteiger partial charge >= 0.3 is 0 Å². The van der Waals surface area contributed by atoms with Crippen LogP contribution in [0, 0.1) is 0 Å². The van der Waals surface area contributed by atoms with Crippen LogP contribution in [0.3, 0.4) is 0 Å². The lowest BCUT2D eigenvalue weighted by atomic mass is 10.1. The Balaban J connectivity index is 1.64. The number of aromatic nitrogens is 1. The van der Waals surface area contributed by atoms with Crippen LogP contribution in [0.25, 0.3) is 11.3 Å². The fourth-order valence-corrected chi connectivity index (χ4v) is 3.33. The van der Waals surface area contributed by atoms with E-state index in [1.165, 1.54) is 11.3 Å². The molecule has 0 amide bonds.